The first kappa shape index (κ1) is 22.7. The van der Waals surface area contributed by atoms with Gasteiger partial charge in [-0.05, 0) is 78.4 Å². The molecule has 1 heterocycles. The topological polar surface area (TPSA) is 33.4 Å². The molecule has 0 saturated carbocycles. The highest BCUT2D eigenvalue weighted by Crippen LogP contribution is 2.53. The van der Waals surface area contributed by atoms with E-state index in [0.29, 0.717) is 0 Å². The number of rotatable bonds is 3. The lowest BCUT2D eigenvalue weighted by molar-refractivity contribution is 0.0792. The molecule has 5 rings (SSSR count). The summed E-state index contributed by atoms with van der Waals surface area (Å²) < 4.78 is 6.51. The molecule has 4 aromatic rings. The normalized spacial score (nSPS) is 15.3. The zero-order chi connectivity index (χ0) is 24.4. The molecule has 0 amide bonds. The summed E-state index contributed by atoms with van der Waals surface area (Å²) in [5, 5.41) is 13.6. The summed E-state index contributed by atoms with van der Waals surface area (Å²) in [6.45, 7) is 14.5. The Morgan fingerprint density at radius 1 is 1.00 bits per heavy atom. The van der Waals surface area contributed by atoms with Gasteiger partial charge in [0.05, 0.1) is 5.60 Å². The van der Waals surface area contributed by atoms with Gasteiger partial charge >= 0.3 is 0 Å². The Morgan fingerprint density at radius 3 is 2.44 bits per heavy atom. The number of furan rings is 1. The molecule has 1 N–H and O–H groups in total. The summed E-state index contributed by atoms with van der Waals surface area (Å²) in [5.74, 6) is 0. The molecule has 3 heteroatoms. The fourth-order valence-corrected chi connectivity index (χ4v) is 5.46. The van der Waals surface area contributed by atoms with Gasteiger partial charge in [-0.15, -0.1) is 0 Å². The first-order valence-corrected chi connectivity index (χ1v) is 12.0. The van der Waals surface area contributed by atoms with Crippen LogP contribution in [0, 0.1) is 0 Å². The molecule has 0 spiro atoms. The number of hydrogen-bond donors (Lipinski definition) is 1. The van der Waals surface area contributed by atoms with Gasteiger partial charge in [0.2, 0.25) is 0 Å². The summed E-state index contributed by atoms with van der Waals surface area (Å²) in [6.07, 6.45) is 5.90. The molecule has 0 atom stereocenters. The van der Waals surface area contributed by atoms with Crippen molar-refractivity contribution in [2.75, 3.05) is 0 Å². The van der Waals surface area contributed by atoms with Gasteiger partial charge < -0.3 is 9.52 Å². The van der Waals surface area contributed by atoms with E-state index < -0.39 is 5.60 Å². The number of allylic oxidation sites excluding steroid dienone is 2. The maximum Gasteiger partial charge on any atom is 0.143 e. The highest BCUT2D eigenvalue weighted by atomic mass is 35.5. The summed E-state index contributed by atoms with van der Waals surface area (Å²) in [6, 6.07) is 16.4. The average molecular weight is 469 g/mol. The van der Waals surface area contributed by atoms with Crippen LogP contribution < -0.4 is 10.6 Å². The Bertz CT molecular complexity index is 1590. The lowest BCUT2D eigenvalue weighted by Crippen LogP contribution is -2.19. The first-order valence-electron chi connectivity index (χ1n) is 11.6. The lowest BCUT2D eigenvalue weighted by Gasteiger charge is -2.24. The van der Waals surface area contributed by atoms with Crippen LogP contribution in [0.4, 0.5) is 0 Å². The summed E-state index contributed by atoms with van der Waals surface area (Å²) in [4.78, 5) is 0. The van der Waals surface area contributed by atoms with Crippen molar-refractivity contribution in [3.63, 3.8) is 0 Å². The van der Waals surface area contributed by atoms with E-state index in [0.717, 1.165) is 48.9 Å². The number of aliphatic hydroxyl groups is 1. The van der Waals surface area contributed by atoms with Crippen molar-refractivity contribution in [3.8, 4) is 22.3 Å². The Balaban J connectivity index is 2.00. The maximum atomic E-state index is 11.0. The van der Waals surface area contributed by atoms with E-state index in [-0.39, 0.29) is 5.41 Å². The fourth-order valence-electron chi connectivity index (χ4n) is 5.29. The average Bonchev–Trinajstić information content (AvgIpc) is 3.22. The van der Waals surface area contributed by atoms with Crippen LogP contribution in [0.25, 0.3) is 45.9 Å². The van der Waals surface area contributed by atoms with Crippen LogP contribution >= 0.6 is 11.6 Å². The minimum absolute atomic E-state index is 0.251. The van der Waals surface area contributed by atoms with Crippen molar-refractivity contribution < 1.29 is 9.52 Å². The van der Waals surface area contributed by atoms with Crippen LogP contribution in [0.2, 0.25) is 5.02 Å². The van der Waals surface area contributed by atoms with Crippen molar-refractivity contribution in [3.05, 3.63) is 93.0 Å². The van der Waals surface area contributed by atoms with Crippen LogP contribution in [0.3, 0.4) is 0 Å². The van der Waals surface area contributed by atoms with Crippen LogP contribution in [-0.2, 0) is 11.0 Å². The fraction of sp³-hybridized carbons (Fsp3) is 0.226. The Kier molecular flexibility index (Phi) is 5.16. The smallest absolute Gasteiger partial charge is 0.143 e. The van der Waals surface area contributed by atoms with E-state index in [1.165, 1.54) is 16.7 Å². The quantitative estimate of drug-likeness (QED) is 0.349. The van der Waals surface area contributed by atoms with Gasteiger partial charge in [0, 0.05) is 26.6 Å². The van der Waals surface area contributed by atoms with E-state index in [9.17, 15) is 5.11 Å². The molecule has 0 fully saturated rings. The monoisotopic (exact) mass is 468 g/mol. The Hall–Kier alpha value is -3.07. The van der Waals surface area contributed by atoms with Crippen molar-refractivity contribution in [1.82, 2.24) is 0 Å². The number of fused-ring (bicyclic) bond motifs is 5. The van der Waals surface area contributed by atoms with Crippen molar-refractivity contribution in [2.45, 2.75) is 45.6 Å². The summed E-state index contributed by atoms with van der Waals surface area (Å²) >= 11 is 6.43. The molecule has 34 heavy (non-hydrogen) atoms. The highest BCUT2D eigenvalue weighted by Gasteiger charge is 2.38. The highest BCUT2D eigenvalue weighted by molar-refractivity contribution is 6.30. The largest absolute Gasteiger partial charge is 0.455 e. The van der Waals surface area contributed by atoms with Gasteiger partial charge in [-0.3, -0.25) is 0 Å². The molecule has 3 aromatic carbocycles. The van der Waals surface area contributed by atoms with E-state index in [4.69, 9.17) is 16.0 Å². The second-order valence-corrected chi connectivity index (χ2v) is 10.5. The predicted molar refractivity (Wildman–Crippen MR) is 144 cm³/mol. The number of hydrogen-bond acceptors (Lipinski definition) is 2. The Morgan fingerprint density at radius 2 is 1.74 bits per heavy atom. The third-order valence-electron chi connectivity index (χ3n) is 7.00. The van der Waals surface area contributed by atoms with Gasteiger partial charge in [0.1, 0.15) is 11.0 Å². The SMILES string of the molecule is C=c1/c(=C\C=C/C)oc2c(-c3ccccc3C(C)(C)O)cc3c(c12)-c1ccc(Cl)cc1C3(C)C. The van der Waals surface area contributed by atoms with Gasteiger partial charge in [-0.1, -0.05) is 74.5 Å². The van der Waals surface area contributed by atoms with Gasteiger partial charge in [0.25, 0.3) is 0 Å². The third kappa shape index (κ3) is 3.28. The summed E-state index contributed by atoms with van der Waals surface area (Å²) in [5.41, 5.74) is 7.77. The molecule has 0 unspecified atom stereocenters. The molecule has 0 radical (unpaired) electrons. The van der Waals surface area contributed by atoms with Gasteiger partial charge in [0.15, 0.2) is 0 Å². The van der Waals surface area contributed by atoms with Gasteiger partial charge in [-0.2, -0.15) is 0 Å². The molecular formula is C31H29ClO2. The molecule has 0 aliphatic heterocycles. The zero-order valence-corrected chi connectivity index (χ0v) is 21.0. The molecule has 2 nitrogen and oxygen atoms in total. The number of benzene rings is 3. The standard InChI is InChI=1S/C31H29ClO2/c1-7-8-13-26-18(2)27-28-21-15-14-19(32)16-24(21)30(3,4)25(28)17-22(29(27)34-26)20-11-9-10-12-23(20)31(5,6)33/h7-17,33H,2H2,1,3-6H3/b8-7-,26-13+. The van der Waals surface area contributed by atoms with E-state index in [1.807, 2.05) is 63.3 Å². The Labute approximate surface area is 205 Å². The minimum atomic E-state index is -1.01. The van der Waals surface area contributed by atoms with Crippen molar-refractivity contribution >= 4 is 35.2 Å². The van der Waals surface area contributed by atoms with Crippen LogP contribution in [0.5, 0.6) is 0 Å². The third-order valence-corrected chi connectivity index (χ3v) is 7.24. The molecule has 1 aliphatic rings. The lowest BCUT2D eigenvalue weighted by atomic mass is 9.80. The molecule has 0 bridgehead atoms. The van der Waals surface area contributed by atoms with Crippen LogP contribution in [0.1, 0.15) is 51.3 Å². The minimum Gasteiger partial charge on any atom is -0.455 e. The van der Waals surface area contributed by atoms with Crippen molar-refractivity contribution in [1.29, 1.82) is 0 Å². The maximum absolute atomic E-state index is 11.0. The van der Waals surface area contributed by atoms with Crippen molar-refractivity contribution in [2.24, 2.45) is 0 Å². The predicted octanol–water partition coefficient (Wildman–Crippen LogP) is 7.05. The zero-order valence-electron chi connectivity index (χ0n) is 20.3. The van der Waals surface area contributed by atoms with Crippen LogP contribution in [0.15, 0.2) is 65.1 Å². The molecule has 0 saturated heterocycles. The molecule has 1 aromatic heterocycles. The first-order chi connectivity index (χ1) is 16.1. The van der Waals surface area contributed by atoms with Crippen LogP contribution in [-0.4, -0.2) is 5.11 Å². The molecule has 1 aliphatic carbocycles. The van der Waals surface area contributed by atoms with Gasteiger partial charge in [-0.25, -0.2) is 0 Å². The van der Waals surface area contributed by atoms with E-state index in [1.54, 1.807) is 0 Å². The van der Waals surface area contributed by atoms with E-state index >= 15 is 0 Å². The van der Waals surface area contributed by atoms with E-state index in [2.05, 4.69) is 44.7 Å². The number of halogens is 1. The molecule has 172 valence electrons. The second-order valence-electron chi connectivity index (χ2n) is 10.1. The summed E-state index contributed by atoms with van der Waals surface area (Å²) in [7, 11) is 0. The second kappa shape index (κ2) is 7.73. The molecular weight excluding hydrogens is 440 g/mol.